The fourth-order valence-electron chi connectivity index (χ4n) is 3.35. The minimum Gasteiger partial charge on any atom is -0.330 e. The normalized spacial score (nSPS) is 18.4. The number of likely N-dealkylation sites (N-methyl/N-ethyl adjacent to an activating group) is 2. The molecule has 3 rings (SSSR count). The predicted molar refractivity (Wildman–Crippen MR) is 93.1 cm³/mol. The Morgan fingerprint density at radius 1 is 0.957 bits per heavy atom. The van der Waals surface area contributed by atoms with Crippen LogP contribution in [0.1, 0.15) is 34.0 Å². The second-order valence-corrected chi connectivity index (χ2v) is 6.54. The molecule has 0 N–H and O–H groups in total. The average Bonchev–Trinajstić information content (AvgIpc) is 2.57. The number of hydrogen-bond acceptors (Lipinski definition) is 2. The van der Waals surface area contributed by atoms with Crippen molar-refractivity contribution in [3.05, 3.63) is 40.5 Å². The van der Waals surface area contributed by atoms with Crippen LogP contribution in [0.25, 0.3) is 10.8 Å². The van der Waals surface area contributed by atoms with Crippen molar-refractivity contribution < 1.29 is 9.59 Å². The van der Waals surface area contributed by atoms with E-state index in [0.717, 1.165) is 22.0 Å². The van der Waals surface area contributed by atoms with Crippen LogP contribution in [0.3, 0.4) is 0 Å². The van der Waals surface area contributed by atoms with Gasteiger partial charge in [0, 0.05) is 14.1 Å². The first-order valence-corrected chi connectivity index (χ1v) is 7.83. The van der Waals surface area contributed by atoms with Crippen LogP contribution in [-0.4, -0.2) is 36.9 Å². The number of anilines is 1. The third-order valence-electron chi connectivity index (χ3n) is 5.14. The van der Waals surface area contributed by atoms with Crippen molar-refractivity contribution in [3.8, 4) is 0 Å². The summed E-state index contributed by atoms with van der Waals surface area (Å²) in [4.78, 5) is 28.6. The van der Waals surface area contributed by atoms with E-state index < -0.39 is 6.04 Å². The summed E-state index contributed by atoms with van der Waals surface area (Å²) >= 11 is 0. The summed E-state index contributed by atoms with van der Waals surface area (Å²) in [6.45, 7) is 7.91. The van der Waals surface area contributed by atoms with Crippen molar-refractivity contribution in [2.24, 2.45) is 0 Å². The lowest BCUT2D eigenvalue weighted by atomic mass is 9.94. The zero-order valence-corrected chi connectivity index (χ0v) is 14.5. The van der Waals surface area contributed by atoms with Crippen LogP contribution in [0.2, 0.25) is 0 Å². The summed E-state index contributed by atoms with van der Waals surface area (Å²) in [6, 6.07) is 5.71. The molecule has 0 saturated heterocycles. The molecule has 2 amide bonds. The molecule has 0 aromatic heterocycles. The fraction of sp³-hybridized carbons (Fsp3) is 0.368. The predicted octanol–water partition coefficient (Wildman–Crippen LogP) is 3.20. The van der Waals surface area contributed by atoms with Crippen molar-refractivity contribution >= 4 is 28.3 Å². The summed E-state index contributed by atoms with van der Waals surface area (Å²) in [6.07, 6.45) is 0. The van der Waals surface area contributed by atoms with Gasteiger partial charge in [-0.3, -0.25) is 9.59 Å². The first-order valence-electron chi connectivity index (χ1n) is 7.83. The van der Waals surface area contributed by atoms with Crippen LogP contribution in [0.15, 0.2) is 18.2 Å². The smallest absolute Gasteiger partial charge is 0.256 e. The van der Waals surface area contributed by atoms with E-state index in [1.165, 1.54) is 16.0 Å². The number of benzene rings is 2. The van der Waals surface area contributed by atoms with Crippen LogP contribution in [-0.2, 0) is 4.79 Å². The van der Waals surface area contributed by atoms with Crippen LogP contribution in [0.5, 0.6) is 0 Å². The van der Waals surface area contributed by atoms with E-state index in [9.17, 15) is 9.59 Å². The molecule has 2 aromatic carbocycles. The van der Waals surface area contributed by atoms with Crippen LogP contribution < -0.4 is 4.90 Å². The van der Waals surface area contributed by atoms with Gasteiger partial charge in [0.2, 0.25) is 5.91 Å². The molecule has 1 atom stereocenters. The van der Waals surface area contributed by atoms with E-state index in [2.05, 4.69) is 26.0 Å². The quantitative estimate of drug-likeness (QED) is 0.750. The van der Waals surface area contributed by atoms with Crippen LogP contribution in [0.4, 0.5) is 5.69 Å². The first-order chi connectivity index (χ1) is 10.7. The Hall–Kier alpha value is -2.36. The molecule has 4 nitrogen and oxygen atoms in total. The van der Waals surface area contributed by atoms with Gasteiger partial charge in [-0.15, -0.1) is 0 Å². The van der Waals surface area contributed by atoms with Crippen molar-refractivity contribution in [2.45, 2.75) is 33.7 Å². The molecule has 1 aliphatic heterocycles. The number of rotatable bonds is 0. The standard InChI is InChI=1S/C19H22N2O2/c1-10-7-14-9-16-17(12(3)15(14)8-11(10)2)21(6)18(22)13(4)20(5)19(16)23/h7-9,13H,1-6H3. The number of nitrogens with zero attached hydrogens (tertiary/aromatic N) is 2. The maximum atomic E-state index is 12.8. The number of amides is 2. The molecule has 0 saturated carbocycles. The SMILES string of the molecule is Cc1cc2cc3c(c(C)c2cc1C)N(C)C(=O)C(C)N(C)C3=O. The van der Waals surface area contributed by atoms with Crippen LogP contribution >= 0.6 is 0 Å². The highest BCUT2D eigenvalue weighted by Crippen LogP contribution is 2.36. The number of fused-ring (bicyclic) bond motifs is 2. The number of carbonyl (C=O) groups excluding carboxylic acids is 2. The maximum absolute atomic E-state index is 12.8. The van der Waals surface area contributed by atoms with E-state index in [0.29, 0.717) is 5.56 Å². The minimum atomic E-state index is -0.467. The molecule has 1 unspecified atom stereocenters. The van der Waals surface area contributed by atoms with Gasteiger partial charge in [0.1, 0.15) is 6.04 Å². The summed E-state index contributed by atoms with van der Waals surface area (Å²) in [5.41, 5.74) is 4.71. The van der Waals surface area contributed by atoms with Gasteiger partial charge in [-0.1, -0.05) is 12.1 Å². The van der Waals surface area contributed by atoms with E-state index in [-0.39, 0.29) is 11.8 Å². The zero-order valence-electron chi connectivity index (χ0n) is 14.5. The molecule has 0 fully saturated rings. The zero-order chi connectivity index (χ0) is 17.0. The Morgan fingerprint density at radius 3 is 2.22 bits per heavy atom. The van der Waals surface area contributed by atoms with Gasteiger partial charge in [0.15, 0.2) is 0 Å². The third-order valence-corrected chi connectivity index (χ3v) is 5.14. The van der Waals surface area contributed by atoms with Crippen LogP contribution in [0, 0.1) is 20.8 Å². The summed E-state index contributed by atoms with van der Waals surface area (Å²) < 4.78 is 0. The second-order valence-electron chi connectivity index (χ2n) is 6.54. The van der Waals surface area contributed by atoms with Crippen molar-refractivity contribution in [1.82, 2.24) is 4.90 Å². The molecule has 0 radical (unpaired) electrons. The van der Waals surface area contributed by atoms with Crippen molar-refractivity contribution in [2.75, 3.05) is 19.0 Å². The van der Waals surface area contributed by atoms with Gasteiger partial charge >= 0.3 is 0 Å². The molecule has 0 spiro atoms. The lowest BCUT2D eigenvalue weighted by Gasteiger charge is -2.23. The van der Waals surface area contributed by atoms with Gasteiger partial charge in [-0.25, -0.2) is 0 Å². The Morgan fingerprint density at radius 2 is 1.57 bits per heavy atom. The highest BCUT2D eigenvalue weighted by Gasteiger charge is 2.34. The second kappa shape index (κ2) is 5.08. The molecule has 4 heteroatoms. The van der Waals surface area contributed by atoms with E-state index in [1.807, 2.05) is 13.0 Å². The highest BCUT2D eigenvalue weighted by molar-refractivity contribution is 6.14. The van der Waals surface area contributed by atoms with E-state index in [4.69, 9.17) is 0 Å². The van der Waals surface area contributed by atoms with Gasteiger partial charge in [0.25, 0.3) is 5.91 Å². The molecule has 23 heavy (non-hydrogen) atoms. The topological polar surface area (TPSA) is 40.6 Å². The summed E-state index contributed by atoms with van der Waals surface area (Å²) in [5, 5.41) is 2.14. The molecule has 1 heterocycles. The summed E-state index contributed by atoms with van der Waals surface area (Å²) in [5.74, 6) is -0.167. The van der Waals surface area contributed by atoms with E-state index >= 15 is 0 Å². The van der Waals surface area contributed by atoms with Gasteiger partial charge in [-0.05, 0) is 61.2 Å². The van der Waals surface area contributed by atoms with E-state index in [1.54, 1.807) is 25.9 Å². The largest absolute Gasteiger partial charge is 0.330 e. The Bertz CT molecular complexity index is 854. The number of aryl methyl sites for hydroxylation is 3. The van der Waals surface area contributed by atoms with Crippen molar-refractivity contribution in [3.63, 3.8) is 0 Å². The number of carbonyl (C=O) groups is 2. The fourth-order valence-corrected chi connectivity index (χ4v) is 3.35. The Kier molecular flexibility index (Phi) is 3.43. The minimum absolute atomic E-state index is 0.0640. The molecule has 120 valence electrons. The monoisotopic (exact) mass is 310 g/mol. The lowest BCUT2D eigenvalue weighted by Crippen LogP contribution is -2.43. The maximum Gasteiger partial charge on any atom is 0.256 e. The van der Waals surface area contributed by atoms with Gasteiger partial charge < -0.3 is 9.80 Å². The molecule has 0 bridgehead atoms. The first kappa shape index (κ1) is 15.5. The highest BCUT2D eigenvalue weighted by atomic mass is 16.2. The lowest BCUT2D eigenvalue weighted by molar-refractivity contribution is -0.121. The Labute approximate surface area is 136 Å². The number of hydrogen-bond donors (Lipinski definition) is 0. The molecule has 2 aromatic rings. The molecular weight excluding hydrogens is 288 g/mol. The van der Waals surface area contributed by atoms with Gasteiger partial charge in [0.05, 0.1) is 11.3 Å². The third kappa shape index (κ3) is 2.12. The summed E-state index contributed by atoms with van der Waals surface area (Å²) in [7, 11) is 3.44. The molecule has 1 aliphatic rings. The molecule has 0 aliphatic carbocycles. The Balaban J connectivity index is 2.41. The molecular formula is C19H22N2O2. The average molecular weight is 310 g/mol. The van der Waals surface area contributed by atoms with Gasteiger partial charge in [-0.2, -0.15) is 0 Å². The van der Waals surface area contributed by atoms with Crippen molar-refractivity contribution in [1.29, 1.82) is 0 Å².